The zero-order valence-electron chi connectivity index (χ0n) is 19.5. The van der Waals surface area contributed by atoms with E-state index in [0.717, 1.165) is 35.0 Å². The van der Waals surface area contributed by atoms with Gasteiger partial charge in [-0.05, 0) is 48.9 Å². The van der Waals surface area contributed by atoms with Crippen molar-refractivity contribution >= 4 is 28.4 Å². The van der Waals surface area contributed by atoms with Crippen LogP contribution in [0.2, 0.25) is 5.02 Å². The average Bonchev–Trinajstić information content (AvgIpc) is 3.38. The Labute approximate surface area is 209 Å². The van der Waals surface area contributed by atoms with Crippen LogP contribution in [0.4, 0.5) is 0 Å². The van der Waals surface area contributed by atoms with Gasteiger partial charge in [0.2, 0.25) is 0 Å². The molecule has 0 bridgehead atoms. The van der Waals surface area contributed by atoms with Crippen molar-refractivity contribution in [3.63, 3.8) is 0 Å². The number of carbonyl (C=O) groups is 1. The number of ether oxygens (including phenoxy) is 1. The third kappa shape index (κ3) is 3.50. The number of nitrogens with zero attached hydrogens (tertiary/aromatic N) is 4. The quantitative estimate of drug-likeness (QED) is 0.381. The van der Waals surface area contributed by atoms with Gasteiger partial charge in [0.05, 0.1) is 41.9 Å². The van der Waals surface area contributed by atoms with Crippen LogP contribution < -0.4 is 0 Å². The second kappa shape index (κ2) is 7.97. The summed E-state index contributed by atoms with van der Waals surface area (Å²) in [6.07, 6.45) is 9.90. The van der Waals surface area contributed by atoms with Gasteiger partial charge in [-0.3, -0.25) is 4.79 Å². The van der Waals surface area contributed by atoms with Crippen molar-refractivity contribution in [1.82, 2.24) is 19.0 Å². The fraction of sp³-hybridized carbons (Fsp3) is 0.357. The Hall–Kier alpha value is -3.09. The highest BCUT2D eigenvalue weighted by Gasteiger charge is 2.43. The van der Waals surface area contributed by atoms with E-state index in [1.807, 2.05) is 41.8 Å². The van der Waals surface area contributed by atoms with E-state index >= 15 is 0 Å². The van der Waals surface area contributed by atoms with Gasteiger partial charge in [0.1, 0.15) is 0 Å². The topological polar surface area (TPSA) is 52.3 Å². The van der Waals surface area contributed by atoms with Crippen LogP contribution in [-0.4, -0.2) is 38.0 Å². The lowest BCUT2D eigenvalue weighted by atomic mass is 9.83. The number of halogens is 1. The van der Waals surface area contributed by atoms with E-state index in [2.05, 4.69) is 38.4 Å². The summed E-state index contributed by atoms with van der Waals surface area (Å²) in [5.74, 6) is 0.0768. The van der Waals surface area contributed by atoms with Crippen molar-refractivity contribution in [2.24, 2.45) is 0 Å². The number of imidazole rings is 1. The number of carbonyl (C=O) groups excluding carboxylic acids is 1. The van der Waals surface area contributed by atoms with E-state index in [-0.39, 0.29) is 11.5 Å². The fourth-order valence-corrected chi connectivity index (χ4v) is 6.08. The maximum atomic E-state index is 13.8. The summed E-state index contributed by atoms with van der Waals surface area (Å²) >= 11 is 6.37. The highest BCUT2D eigenvalue weighted by molar-refractivity contribution is 6.31. The molecular weight excluding hydrogens is 460 g/mol. The molecule has 1 amide bonds. The number of aromatic nitrogens is 3. The Balaban J connectivity index is 1.17. The second-order valence-electron chi connectivity index (χ2n) is 10.1. The van der Waals surface area contributed by atoms with E-state index in [9.17, 15) is 4.79 Å². The summed E-state index contributed by atoms with van der Waals surface area (Å²) in [7, 11) is 0. The van der Waals surface area contributed by atoms with Crippen LogP contribution in [0, 0.1) is 0 Å². The molecule has 2 aliphatic heterocycles. The van der Waals surface area contributed by atoms with E-state index in [1.54, 1.807) is 0 Å². The molecule has 35 heavy (non-hydrogen) atoms. The first-order valence-electron chi connectivity index (χ1n) is 12.4. The first-order valence-corrected chi connectivity index (χ1v) is 12.8. The van der Waals surface area contributed by atoms with Gasteiger partial charge in [0.25, 0.3) is 5.91 Å². The lowest BCUT2D eigenvalue weighted by Gasteiger charge is -2.39. The lowest BCUT2D eigenvalue weighted by Crippen LogP contribution is -2.45. The predicted octanol–water partition coefficient (Wildman–Crippen LogP) is 5.54. The van der Waals surface area contributed by atoms with Crippen molar-refractivity contribution in [1.29, 1.82) is 0 Å². The summed E-state index contributed by atoms with van der Waals surface area (Å²) in [4.78, 5) is 20.1. The van der Waals surface area contributed by atoms with E-state index < -0.39 is 0 Å². The van der Waals surface area contributed by atoms with Crippen molar-refractivity contribution in [2.45, 2.75) is 50.5 Å². The molecule has 7 rings (SSSR count). The third-order valence-corrected chi connectivity index (χ3v) is 8.20. The molecule has 1 saturated carbocycles. The van der Waals surface area contributed by atoms with Gasteiger partial charge in [-0.15, -0.1) is 0 Å². The minimum Gasteiger partial charge on any atom is -0.365 e. The summed E-state index contributed by atoms with van der Waals surface area (Å²) in [5, 5.41) is 1.61. The molecule has 7 heteroatoms. The first-order chi connectivity index (χ1) is 17.1. The molecule has 178 valence electrons. The van der Waals surface area contributed by atoms with Crippen LogP contribution >= 0.6 is 11.6 Å². The number of amides is 1. The highest BCUT2D eigenvalue weighted by atomic mass is 35.5. The molecule has 1 aliphatic carbocycles. The summed E-state index contributed by atoms with van der Waals surface area (Å²) < 4.78 is 10.7. The molecule has 0 atom stereocenters. The predicted molar refractivity (Wildman–Crippen MR) is 135 cm³/mol. The molecule has 0 N–H and O–H groups in total. The largest absolute Gasteiger partial charge is 0.365 e. The highest BCUT2D eigenvalue weighted by Crippen LogP contribution is 2.44. The van der Waals surface area contributed by atoms with Crippen LogP contribution in [0.5, 0.6) is 0 Å². The number of hydrogen-bond acceptors (Lipinski definition) is 3. The van der Waals surface area contributed by atoms with Gasteiger partial charge in [0.15, 0.2) is 0 Å². The van der Waals surface area contributed by atoms with Gasteiger partial charge in [-0.2, -0.15) is 0 Å². The molecule has 4 heterocycles. The smallest absolute Gasteiger partial charge is 0.256 e. The molecule has 2 aromatic heterocycles. The molecular formula is C28H27ClN4O2. The number of piperidine rings is 1. The number of likely N-dealkylation sites (tertiary alicyclic amines) is 1. The molecule has 0 unspecified atom stereocenters. The van der Waals surface area contributed by atoms with Gasteiger partial charge >= 0.3 is 0 Å². The minimum absolute atomic E-state index is 0.0768. The lowest BCUT2D eigenvalue weighted by molar-refractivity contribution is -0.0741. The van der Waals surface area contributed by atoms with Crippen molar-refractivity contribution < 1.29 is 9.53 Å². The van der Waals surface area contributed by atoms with Crippen molar-refractivity contribution in [3.8, 4) is 0 Å². The molecule has 1 saturated heterocycles. The Kier molecular flexibility index (Phi) is 4.83. The van der Waals surface area contributed by atoms with Crippen LogP contribution in [0.3, 0.4) is 0 Å². The van der Waals surface area contributed by atoms with Gasteiger partial charge < -0.3 is 18.8 Å². The standard InChI is InChI=1S/C28H27ClN4O2/c29-20-5-8-23-24(16-32(26(23)13-20)15-22-14-30-18-33(22)21-6-7-21)27(34)31-11-9-28(10-12-31)25-4-2-1-3-19(25)17-35-28/h1-5,8,13-14,16,18,21H,6-7,9-12,15,17H2. The van der Waals surface area contributed by atoms with Crippen LogP contribution in [0.25, 0.3) is 10.9 Å². The van der Waals surface area contributed by atoms with Crippen LogP contribution in [-0.2, 0) is 23.5 Å². The van der Waals surface area contributed by atoms with Crippen molar-refractivity contribution in [3.05, 3.63) is 88.6 Å². The third-order valence-electron chi connectivity index (χ3n) is 7.96. The molecule has 2 aromatic carbocycles. The maximum Gasteiger partial charge on any atom is 0.256 e. The van der Waals surface area contributed by atoms with Gasteiger partial charge in [-0.25, -0.2) is 4.98 Å². The molecule has 1 spiro atoms. The van der Waals surface area contributed by atoms with Crippen LogP contribution in [0.1, 0.15) is 58.9 Å². The summed E-state index contributed by atoms with van der Waals surface area (Å²) in [5.41, 5.74) is 5.18. The number of benzene rings is 2. The van der Waals surface area contributed by atoms with Crippen molar-refractivity contribution in [2.75, 3.05) is 13.1 Å². The normalized spacial score (nSPS) is 18.9. The summed E-state index contributed by atoms with van der Waals surface area (Å²) in [6.45, 7) is 2.69. The van der Waals surface area contributed by atoms with E-state index in [0.29, 0.717) is 37.3 Å². The molecule has 3 aliphatic rings. The average molecular weight is 487 g/mol. The molecule has 6 nitrogen and oxygen atoms in total. The number of fused-ring (bicyclic) bond motifs is 3. The van der Waals surface area contributed by atoms with E-state index in [4.69, 9.17) is 16.3 Å². The monoisotopic (exact) mass is 486 g/mol. The second-order valence-corrected chi connectivity index (χ2v) is 10.5. The zero-order chi connectivity index (χ0) is 23.6. The minimum atomic E-state index is -0.254. The number of hydrogen-bond donors (Lipinski definition) is 0. The Bertz CT molecular complexity index is 1440. The molecule has 2 fully saturated rings. The summed E-state index contributed by atoms with van der Waals surface area (Å²) in [6, 6.07) is 14.8. The zero-order valence-corrected chi connectivity index (χ0v) is 20.2. The molecule has 0 radical (unpaired) electrons. The SMILES string of the molecule is O=C(c1cn(Cc2cncn2C2CC2)c2cc(Cl)ccc12)N1CCC2(CC1)OCc1ccccc12. The van der Waals surface area contributed by atoms with Gasteiger partial charge in [0, 0.05) is 41.9 Å². The Morgan fingerprint density at radius 2 is 1.97 bits per heavy atom. The van der Waals surface area contributed by atoms with Crippen LogP contribution in [0.15, 0.2) is 61.2 Å². The maximum absolute atomic E-state index is 13.8. The Morgan fingerprint density at radius 1 is 1.14 bits per heavy atom. The Morgan fingerprint density at radius 3 is 2.80 bits per heavy atom. The van der Waals surface area contributed by atoms with E-state index in [1.165, 1.54) is 24.0 Å². The first kappa shape index (κ1) is 21.2. The van der Waals surface area contributed by atoms with Gasteiger partial charge in [-0.1, -0.05) is 41.9 Å². The molecule has 4 aromatic rings. The fourth-order valence-electron chi connectivity index (χ4n) is 5.92. The number of rotatable bonds is 4.